The van der Waals surface area contributed by atoms with Crippen LogP contribution in [0.4, 0.5) is 5.69 Å². The fraction of sp³-hybridized carbons (Fsp3) is 0.148. The highest BCUT2D eigenvalue weighted by atomic mass is 16.6. The Morgan fingerprint density at radius 3 is 2.49 bits per heavy atom. The van der Waals surface area contributed by atoms with Crippen LogP contribution < -0.4 is 0 Å². The molecule has 1 heterocycles. The molecule has 0 bridgehead atoms. The Balaban J connectivity index is 1.51. The Morgan fingerprint density at radius 2 is 1.77 bits per heavy atom. The van der Waals surface area contributed by atoms with Gasteiger partial charge in [0, 0.05) is 36.7 Å². The number of rotatable bonds is 9. The number of non-ortho nitro benzene ring substituents is 1. The van der Waals surface area contributed by atoms with Gasteiger partial charge in [0.1, 0.15) is 0 Å². The number of aromatic nitrogens is 2. The van der Waals surface area contributed by atoms with Crippen LogP contribution in [0.15, 0.2) is 95.5 Å². The van der Waals surface area contributed by atoms with Gasteiger partial charge < -0.3 is 9.42 Å². The fourth-order valence-electron chi connectivity index (χ4n) is 3.68. The number of carbonyl (C=O) groups excluding carboxylic acids is 1. The Morgan fingerprint density at radius 1 is 1.06 bits per heavy atom. The van der Waals surface area contributed by atoms with Crippen LogP contribution in [0.25, 0.3) is 17.5 Å². The second kappa shape index (κ2) is 11.0. The van der Waals surface area contributed by atoms with Gasteiger partial charge in [-0.05, 0) is 24.1 Å². The zero-order valence-electron chi connectivity index (χ0n) is 19.2. The van der Waals surface area contributed by atoms with Gasteiger partial charge in [0.2, 0.25) is 17.6 Å². The lowest BCUT2D eigenvalue weighted by atomic mass is 10.1. The van der Waals surface area contributed by atoms with Crippen molar-refractivity contribution in [2.75, 3.05) is 6.54 Å². The molecule has 1 unspecified atom stereocenters. The molecular formula is C27H24N4O4. The SMILES string of the molecule is CC(c1ccccc1)N(CCc1nc(-c2cccc([N+](=O)[O-])c2)no1)C(=O)C=Cc1ccccc1. The highest BCUT2D eigenvalue weighted by Gasteiger charge is 2.21. The number of nitro benzene ring substituents is 1. The molecular weight excluding hydrogens is 444 g/mol. The molecule has 3 aromatic carbocycles. The highest BCUT2D eigenvalue weighted by molar-refractivity contribution is 5.92. The van der Waals surface area contributed by atoms with E-state index in [1.165, 1.54) is 12.1 Å². The first-order chi connectivity index (χ1) is 17.0. The van der Waals surface area contributed by atoms with Crippen LogP contribution in [0.5, 0.6) is 0 Å². The molecule has 0 spiro atoms. The quantitative estimate of drug-likeness (QED) is 0.183. The number of hydrogen-bond donors (Lipinski definition) is 0. The third-order valence-electron chi connectivity index (χ3n) is 5.60. The molecule has 0 saturated heterocycles. The van der Waals surface area contributed by atoms with Gasteiger partial charge in [-0.2, -0.15) is 4.98 Å². The lowest BCUT2D eigenvalue weighted by Gasteiger charge is -2.28. The average molecular weight is 469 g/mol. The van der Waals surface area contributed by atoms with Gasteiger partial charge in [-0.15, -0.1) is 0 Å². The van der Waals surface area contributed by atoms with Crippen LogP contribution in [0.2, 0.25) is 0 Å². The molecule has 1 aromatic heterocycles. The van der Waals surface area contributed by atoms with E-state index in [-0.39, 0.29) is 23.5 Å². The van der Waals surface area contributed by atoms with Crippen LogP contribution in [0.1, 0.15) is 30.0 Å². The Bertz CT molecular complexity index is 1320. The van der Waals surface area contributed by atoms with Crippen LogP contribution in [-0.2, 0) is 11.2 Å². The molecule has 176 valence electrons. The van der Waals surface area contributed by atoms with E-state index in [1.807, 2.05) is 67.6 Å². The van der Waals surface area contributed by atoms with E-state index in [4.69, 9.17) is 4.52 Å². The van der Waals surface area contributed by atoms with Crippen LogP contribution in [0, 0.1) is 10.1 Å². The second-order valence-electron chi connectivity index (χ2n) is 7.93. The maximum Gasteiger partial charge on any atom is 0.270 e. The number of amides is 1. The van der Waals surface area contributed by atoms with E-state index in [0.29, 0.717) is 24.4 Å². The maximum absolute atomic E-state index is 13.2. The van der Waals surface area contributed by atoms with Crippen molar-refractivity contribution in [3.63, 3.8) is 0 Å². The first-order valence-electron chi connectivity index (χ1n) is 11.2. The van der Waals surface area contributed by atoms with Crippen molar-refractivity contribution < 1.29 is 14.2 Å². The summed E-state index contributed by atoms with van der Waals surface area (Å²) in [6.45, 7) is 2.33. The lowest BCUT2D eigenvalue weighted by Crippen LogP contribution is -2.34. The van der Waals surface area contributed by atoms with Gasteiger partial charge in [-0.25, -0.2) is 0 Å². The number of carbonyl (C=O) groups is 1. The number of nitrogens with zero attached hydrogens (tertiary/aromatic N) is 4. The summed E-state index contributed by atoms with van der Waals surface area (Å²) >= 11 is 0. The predicted octanol–water partition coefficient (Wildman–Crippen LogP) is 5.49. The molecule has 35 heavy (non-hydrogen) atoms. The van der Waals surface area contributed by atoms with Crippen molar-refractivity contribution in [3.8, 4) is 11.4 Å². The first kappa shape index (κ1) is 23.6. The van der Waals surface area contributed by atoms with Gasteiger partial charge in [0.05, 0.1) is 11.0 Å². The van der Waals surface area contributed by atoms with Crippen LogP contribution >= 0.6 is 0 Å². The van der Waals surface area contributed by atoms with Crippen molar-refractivity contribution in [1.82, 2.24) is 15.0 Å². The van der Waals surface area contributed by atoms with Gasteiger partial charge in [-0.1, -0.05) is 78.0 Å². The van der Waals surface area contributed by atoms with Crippen molar-refractivity contribution in [2.24, 2.45) is 0 Å². The fourth-order valence-corrected chi connectivity index (χ4v) is 3.68. The summed E-state index contributed by atoms with van der Waals surface area (Å²) in [4.78, 5) is 29.9. The van der Waals surface area contributed by atoms with E-state index < -0.39 is 4.92 Å². The van der Waals surface area contributed by atoms with Crippen molar-refractivity contribution in [1.29, 1.82) is 0 Å². The van der Waals surface area contributed by atoms with Gasteiger partial charge in [-0.3, -0.25) is 14.9 Å². The van der Waals surface area contributed by atoms with Crippen LogP contribution in [-0.4, -0.2) is 32.4 Å². The van der Waals surface area contributed by atoms with E-state index in [1.54, 1.807) is 29.2 Å². The minimum absolute atomic E-state index is 0.0486. The topological polar surface area (TPSA) is 102 Å². The first-order valence-corrected chi connectivity index (χ1v) is 11.2. The molecule has 8 heteroatoms. The van der Waals surface area contributed by atoms with Crippen molar-refractivity contribution >= 4 is 17.7 Å². The number of benzene rings is 3. The van der Waals surface area contributed by atoms with E-state index in [0.717, 1.165) is 11.1 Å². The number of nitro groups is 1. The summed E-state index contributed by atoms with van der Waals surface area (Å²) in [6, 6.07) is 25.3. The van der Waals surface area contributed by atoms with Crippen LogP contribution in [0.3, 0.4) is 0 Å². The monoisotopic (exact) mass is 468 g/mol. The third kappa shape index (κ3) is 6.05. The van der Waals surface area contributed by atoms with Crippen molar-refractivity contribution in [3.05, 3.63) is 118 Å². The summed E-state index contributed by atoms with van der Waals surface area (Å²) in [6.07, 6.45) is 3.70. The molecule has 0 fully saturated rings. The number of hydrogen-bond acceptors (Lipinski definition) is 6. The van der Waals surface area contributed by atoms with Gasteiger partial charge in [0.25, 0.3) is 5.69 Å². The third-order valence-corrected chi connectivity index (χ3v) is 5.60. The molecule has 0 radical (unpaired) electrons. The Hall–Kier alpha value is -4.59. The smallest absolute Gasteiger partial charge is 0.270 e. The molecule has 0 aliphatic rings. The van der Waals surface area contributed by atoms with E-state index >= 15 is 0 Å². The maximum atomic E-state index is 13.2. The van der Waals surface area contributed by atoms with Crippen molar-refractivity contribution in [2.45, 2.75) is 19.4 Å². The molecule has 4 rings (SSSR count). The molecule has 1 atom stereocenters. The largest absolute Gasteiger partial charge is 0.339 e. The average Bonchev–Trinajstić information content (AvgIpc) is 3.38. The Labute approximate surface area is 202 Å². The van der Waals surface area contributed by atoms with Gasteiger partial charge >= 0.3 is 0 Å². The molecule has 0 saturated carbocycles. The van der Waals surface area contributed by atoms with E-state index in [9.17, 15) is 14.9 Å². The zero-order chi connectivity index (χ0) is 24.6. The molecule has 0 aliphatic carbocycles. The lowest BCUT2D eigenvalue weighted by molar-refractivity contribution is -0.384. The summed E-state index contributed by atoms with van der Waals surface area (Å²) < 4.78 is 5.38. The standard InChI is InChI=1S/C27H24N4O4/c1-20(22-11-6-3-7-12-22)30(26(32)16-15-21-9-4-2-5-10-21)18-17-25-28-27(29-35-25)23-13-8-14-24(19-23)31(33)34/h2-16,19-20H,17-18H2,1H3. The molecule has 4 aromatic rings. The minimum Gasteiger partial charge on any atom is -0.339 e. The molecule has 0 aliphatic heterocycles. The summed E-state index contributed by atoms with van der Waals surface area (Å²) in [5.74, 6) is 0.474. The molecule has 1 amide bonds. The zero-order valence-corrected chi connectivity index (χ0v) is 19.2. The second-order valence-corrected chi connectivity index (χ2v) is 7.93. The normalized spacial score (nSPS) is 11.9. The summed E-state index contributed by atoms with van der Waals surface area (Å²) in [7, 11) is 0. The predicted molar refractivity (Wildman–Crippen MR) is 132 cm³/mol. The summed E-state index contributed by atoms with van der Waals surface area (Å²) in [5.41, 5.74) is 2.39. The minimum atomic E-state index is -0.470. The van der Waals surface area contributed by atoms with E-state index in [2.05, 4.69) is 10.1 Å². The molecule has 8 nitrogen and oxygen atoms in total. The van der Waals surface area contributed by atoms with Gasteiger partial charge in [0.15, 0.2) is 0 Å². The highest BCUT2D eigenvalue weighted by Crippen LogP contribution is 2.23. The Kier molecular flexibility index (Phi) is 7.42. The molecule has 0 N–H and O–H groups in total. The summed E-state index contributed by atoms with van der Waals surface area (Å²) in [5, 5.41) is 15.0.